The zero-order valence-electron chi connectivity index (χ0n) is 11.2. The van der Waals surface area contributed by atoms with Gasteiger partial charge in [-0.15, -0.1) is 0 Å². The van der Waals surface area contributed by atoms with Crippen LogP contribution in [0.5, 0.6) is 0 Å². The normalized spacial score (nSPS) is 29.1. The van der Waals surface area contributed by atoms with Crippen molar-refractivity contribution in [3.63, 3.8) is 0 Å². The molecule has 2 atom stereocenters. The Morgan fingerprint density at radius 2 is 2.11 bits per heavy atom. The molecule has 0 bridgehead atoms. The Bertz CT molecular complexity index is 279. The molecule has 2 fully saturated rings. The first-order chi connectivity index (χ1) is 8.66. The van der Waals surface area contributed by atoms with E-state index in [1.54, 1.807) is 6.92 Å². The Morgan fingerprint density at radius 1 is 1.39 bits per heavy atom. The number of carbonyl (C=O) groups is 1. The van der Waals surface area contributed by atoms with Crippen LogP contribution in [0.4, 0.5) is 0 Å². The molecule has 0 aliphatic carbocycles. The lowest BCUT2D eigenvalue weighted by Gasteiger charge is -2.38. The van der Waals surface area contributed by atoms with Gasteiger partial charge in [0.15, 0.2) is 0 Å². The highest BCUT2D eigenvalue weighted by molar-refractivity contribution is 5.72. The number of piperidine rings is 1. The predicted octanol–water partition coefficient (Wildman–Crippen LogP) is 0.504. The van der Waals surface area contributed by atoms with Crippen molar-refractivity contribution in [1.29, 1.82) is 0 Å². The summed E-state index contributed by atoms with van der Waals surface area (Å²) in [6.07, 6.45) is 2.34. The van der Waals surface area contributed by atoms with Gasteiger partial charge in [0.2, 0.25) is 0 Å². The van der Waals surface area contributed by atoms with Crippen LogP contribution in [0, 0.1) is 5.92 Å². The third kappa shape index (κ3) is 3.67. The molecule has 5 nitrogen and oxygen atoms in total. The van der Waals surface area contributed by atoms with Gasteiger partial charge in [-0.1, -0.05) is 0 Å². The highest BCUT2D eigenvalue weighted by atomic mass is 16.5. The summed E-state index contributed by atoms with van der Waals surface area (Å²) in [6, 6.07) is -0.350. The average Bonchev–Trinajstić information content (AvgIpc) is 2.39. The number of morpholine rings is 1. The maximum Gasteiger partial charge on any atom is 0.320 e. The molecule has 1 N–H and O–H groups in total. The van der Waals surface area contributed by atoms with Crippen molar-refractivity contribution in [2.75, 3.05) is 45.9 Å². The van der Waals surface area contributed by atoms with Crippen molar-refractivity contribution < 1.29 is 14.6 Å². The smallest absolute Gasteiger partial charge is 0.320 e. The summed E-state index contributed by atoms with van der Waals surface area (Å²) in [6.45, 7) is 8.43. The number of carboxylic acids is 1. The molecular formula is C13H24N2O3. The van der Waals surface area contributed by atoms with Gasteiger partial charge in [-0.25, -0.2) is 0 Å². The van der Waals surface area contributed by atoms with Crippen LogP contribution in [-0.4, -0.2) is 72.9 Å². The summed E-state index contributed by atoms with van der Waals surface area (Å²) < 4.78 is 5.35. The van der Waals surface area contributed by atoms with Crippen LogP contribution in [0.1, 0.15) is 19.8 Å². The van der Waals surface area contributed by atoms with Crippen molar-refractivity contribution in [3.05, 3.63) is 0 Å². The van der Waals surface area contributed by atoms with Gasteiger partial charge in [-0.3, -0.25) is 14.6 Å². The molecule has 2 saturated heterocycles. The molecule has 2 rings (SSSR count). The van der Waals surface area contributed by atoms with E-state index in [9.17, 15) is 4.79 Å². The summed E-state index contributed by atoms with van der Waals surface area (Å²) in [5, 5.41) is 9.07. The van der Waals surface area contributed by atoms with E-state index in [4.69, 9.17) is 9.84 Å². The zero-order valence-corrected chi connectivity index (χ0v) is 11.2. The van der Waals surface area contributed by atoms with Gasteiger partial charge in [0.05, 0.1) is 13.2 Å². The topological polar surface area (TPSA) is 53.0 Å². The van der Waals surface area contributed by atoms with Crippen LogP contribution in [0.25, 0.3) is 0 Å². The fourth-order valence-electron chi connectivity index (χ4n) is 2.90. The molecule has 0 aromatic heterocycles. The molecule has 0 saturated carbocycles. The molecule has 2 unspecified atom stereocenters. The van der Waals surface area contributed by atoms with Gasteiger partial charge in [-0.2, -0.15) is 0 Å². The van der Waals surface area contributed by atoms with Crippen LogP contribution < -0.4 is 0 Å². The van der Waals surface area contributed by atoms with Crippen LogP contribution in [0.3, 0.4) is 0 Å². The zero-order chi connectivity index (χ0) is 13.0. The maximum absolute atomic E-state index is 11.0. The molecule has 0 aromatic carbocycles. The lowest BCUT2D eigenvalue weighted by molar-refractivity contribution is -0.143. The van der Waals surface area contributed by atoms with E-state index < -0.39 is 5.97 Å². The number of nitrogens with zero attached hydrogens (tertiary/aromatic N) is 2. The van der Waals surface area contributed by atoms with E-state index >= 15 is 0 Å². The summed E-state index contributed by atoms with van der Waals surface area (Å²) in [5.41, 5.74) is 0. The fraction of sp³-hybridized carbons (Fsp3) is 0.923. The van der Waals surface area contributed by atoms with Crippen LogP contribution >= 0.6 is 0 Å². The molecule has 18 heavy (non-hydrogen) atoms. The monoisotopic (exact) mass is 256 g/mol. The first kappa shape index (κ1) is 13.8. The van der Waals surface area contributed by atoms with Crippen LogP contribution in [0.15, 0.2) is 0 Å². The first-order valence-corrected chi connectivity index (χ1v) is 6.94. The molecule has 2 aliphatic heterocycles. The average molecular weight is 256 g/mol. The van der Waals surface area contributed by atoms with E-state index in [1.165, 1.54) is 6.42 Å². The van der Waals surface area contributed by atoms with Crippen molar-refractivity contribution in [1.82, 2.24) is 9.80 Å². The standard InChI is InChI=1S/C13H24N2O3/c1-11(13(16)17)15-4-2-3-12(10-15)9-14-5-7-18-8-6-14/h11-12H,2-10H2,1H3,(H,16,17). The first-order valence-electron chi connectivity index (χ1n) is 6.94. The minimum Gasteiger partial charge on any atom is -0.480 e. The van der Waals surface area contributed by atoms with Crippen molar-refractivity contribution in [2.24, 2.45) is 5.92 Å². The molecular weight excluding hydrogens is 232 g/mol. The summed E-state index contributed by atoms with van der Waals surface area (Å²) >= 11 is 0. The molecule has 2 aliphatic rings. The second-order valence-corrected chi connectivity index (χ2v) is 5.43. The lowest BCUT2D eigenvalue weighted by Crippen LogP contribution is -2.48. The number of hydrogen-bond acceptors (Lipinski definition) is 4. The number of carboxylic acid groups (broad SMARTS) is 1. The molecule has 0 amide bonds. The number of aliphatic carboxylic acids is 1. The third-order valence-electron chi connectivity index (χ3n) is 4.08. The van der Waals surface area contributed by atoms with Gasteiger partial charge < -0.3 is 9.84 Å². The second kappa shape index (κ2) is 6.50. The molecule has 2 heterocycles. The minimum atomic E-state index is -0.706. The molecule has 0 radical (unpaired) electrons. The molecule has 0 spiro atoms. The Labute approximate surface area is 109 Å². The van der Waals surface area contributed by atoms with E-state index in [0.29, 0.717) is 5.92 Å². The number of ether oxygens (including phenoxy) is 1. The second-order valence-electron chi connectivity index (χ2n) is 5.43. The van der Waals surface area contributed by atoms with Crippen LogP contribution in [-0.2, 0) is 9.53 Å². The van der Waals surface area contributed by atoms with Crippen LogP contribution in [0.2, 0.25) is 0 Å². The van der Waals surface area contributed by atoms with Gasteiger partial charge >= 0.3 is 5.97 Å². The Hall–Kier alpha value is -0.650. The lowest BCUT2D eigenvalue weighted by atomic mass is 9.96. The number of rotatable bonds is 4. The highest BCUT2D eigenvalue weighted by Crippen LogP contribution is 2.20. The van der Waals surface area contributed by atoms with E-state index in [1.807, 2.05) is 0 Å². The number of hydrogen-bond donors (Lipinski definition) is 1. The van der Waals surface area contributed by atoms with Crippen molar-refractivity contribution in [2.45, 2.75) is 25.8 Å². The molecule has 0 aromatic rings. The van der Waals surface area contributed by atoms with Gasteiger partial charge in [0, 0.05) is 26.2 Å². The minimum absolute atomic E-state index is 0.350. The maximum atomic E-state index is 11.0. The molecule has 104 valence electrons. The van der Waals surface area contributed by atoms with Gasteiger partial charge in [0.1, 0.15) is 6.04 Å². The third-order valence-corrected chi connectivity index (χ3v) is 4.08. The van der Waals surface area contributed by atoms with Crippen molar-refractivity contribution in [3.8, 4) is 0 Å². The van der Waals surface area contributed by atoms with Gasteiger partial charge in [-0.05, 0) is 32.2 Å². The Kier molecular flexibility index (Phi) is 4.97. The fourth-order valence-corrected chi connectivity index (χ4v) is 2.90. The van der Waals surface area contributed by atoms with E-state index in [2.05, 4.69) is 9.80 Å². The summed E-state index contributed by atoms with van der Waals surface area (Å²) in [5.74, 6) is -0.0966. The summed E-state index contributed by atoms with van der Waals surface area (Å²) in [7, 11) is 0. The highest BCUT2D eigenvalue weighted by Gasteiger charge is 2.28. The SMILES string of the molecule is CC(C(=O)O)N1CCCC(CN2CCOCC2)C1. The number of likely N-dealkylation sites (tertiary alicyclic amines) is 1. The quantitative estimate of drug-likeness (QED) is 0.794. The van der Waals surface area contributed by atoms with Gasteiger partial charge in [0.25, 0.3) is 0 Å². The molecule has 5 heteroatoms. The predicted molar refractivity (Wildman–Crippen MR) is 68.7 cm³/mol. The summed E-state index contributed by atoms with van der Waals surface area (Å²) in [4.78, 5) is 15.6. The van der Waals surface area contributed by atoms with E-state index in [-0.39, 0.29) is 6.04 Å². The Balaban J connectivity index is 1.80. The largest absolute Gasteiger partial charge is 0.480 e. The van der Waals surface area contributed by atoms with Crippen molar-refractivity contribution >= 4 is 5.97 Å². The Morgan fingerprint density at radius 3 is 2.78 bits per heavy atom. The van der Waals surface area contributed by atoms with E-state index in [0.717, 1.165) is 52.4 Å².